The molecule has 2 rings (SSSR count). The highest BCUT2D eigenvalue weighted by atomic mass is 16.4. The molecule has 1 N–H and O–H groups in total. The first-order valence-corrected chi connectivity index (χ1v) is 6.23. The van der Waals surface area contributed by atoms with Crippen molar-refractivity contribution >= 4 is 11.9 Å². The van der Waals surface area contributed by atoms with Gasteiger partial charge in [-0.3, -0.25) is 14.5 Å². The lowest BCUT2D eigenvalue weighted by Crippen LogP contribution is -2.53. The highest BCUT2D eigenvalue weighted by molar-refractivity contribution is 5.92. The minimum absolute atomic E-state index is 0.0531. The molecule has 1 aromatic rings. The number of imidazole rings is 1. The zero-order valence-corrected chi connectivity index (χ0v) is 11.1. The lowest BCUT2D eigenvalue weighted by molar-refractivity contribution is -0.143. The van der Waals surface area contributed by atoms with Crippen LogP contribution in [0.2, 0.25) is 0 Å². The number of hydrogen-bond donors (Lipinski definition) is 1. The molecule has 1 amide bonds. The quantitative estimate of drug-likeness (QED) is 0.809. The van der Waals surface area contributed by atoms with E-state index in [1.54, 1.807) is 36.0 Å². The average Bonchev–Trinajstić information content (AvgIpc) is 2.83. The number of carboxylic acids is 1. The molecular weight excluding hydrogens is 248 g/mol. The monoisotopic (exact) mass is 266 g/mol. The number of carbonyl (C=O) groups is 2. The lowest BCUT2D eigenvalue weighted by atomic mass is 10.2. The van der Waals surface area contributed by atoms with Crippen LogP contribution in [0.3, 0.4) is 0 Å². The number of nitrogens with zero attached hydrogens (tertiary/aromatic N) is 4. The molecule has 0 saturated carbocycles. The number of aromatic nitrogens is 2. The van der Waals surface area contributed by atoms with Gasteiger partial charge in [-0.25, -0.2) is 4.98 Å². The number of hydrogen-bond acceptors (Lipinski definition) is 4. The van der Waals surface area contributed by atoms with Gasteiger partial charge < -0.3 is 14.6 Å². The number of carboxylic acid groups (broad SMARTS) is 1. The second kappa shape index (κ2) is 5.40. The molecule has 7 nitrogen and oxygen atoms in total. The Morgan fingerprint density at radius 2 is 1.95 bits per heavy atom. The third kappa shape index (κ3) is 2.76. The van der Waals surface area contributed by atoms with E-state index < -0.39 is 12.0 Å². The van der Waals surface area contributed by atoms with Crippen LogP contribution in [0.5, 0.6) is 0 Å². The number of rotatable bonds is 3. The second-order valence-electron chi connectivity index (χ2n) is 4.73. The van der Waals surface area contributed by atoms with Crippen LogP contribution >= 0.6 is 0 Å². The van der Waals surface area contributed by atoms with Gasteiger partial charge >= 0.3 is 5.97 Å². The van der Waals surface area contributed by atoms with Crippen molar-refractivity contribution in [2.75, 3.05) is 26.2 Å². The molecule has 0 radical (unpaired) electrons. The molecule has 1 saturated heterocycles. The Labute approximate surface area is 111 Å². The van der Waals surface area contributed by atoms with Crippen molar-refractivity contribution in [1.82, 2.24) is 19.4 Å². The molecule has 0 bridgehead atoms. The van der Waals surface area contributed by atoms with E-state index in [-0.39, 0.29) is 5.91 Å². The summed E-state index contributed by atoms with van der Waals surface area (Å²) in [6, 6.07) is -0.506. The second-order valence-corrected chi connectivity index (χ2v) is 4.73. The topological polar surface area (TPSA) is 78.7 Å². The minimum atomic E-state index is -0.827. The molecule has 1 aliphatic rings. The molecule has 0 aromatic carbocycles. The van der Waals surface area contributed by atoms with Gasteiger partial charge in [-0.1, -0.05) is 0 Å². The fourth-order valence-electron chi connectivity index (χ4n) is 2.19. The smallest absolute Gasteiger partial charge is 0.320 e. The summed E-state index contributed by atoms with van der Waals surface area (Å²) in [4.78, 5) is 30.7. The maximum Gasteiger partial charge on any atom is 0.320 e. The number of piperazine rings is 1. The summed E-state index contributed by atoms with van der Waals surface area (Å²) in [5.74, 6) is -0.881. The van der Waals surface area contributed by atoms with Crippen LogP contribution in [0.4, 0.5) is 0 Å². The first kappa shape index (κ1) is 13.5. The van der Waals surface area contributed by atoms with Crippen LogP contribution in [-0.4, -0.2) is 68.6 Å². The summed E-state index contributed by atoms with van der Waals surface area (Å²) in [6.45, 7) is 3.91. The molecule has 2 heterocycles. The van der Waals surface area contributed by atoms with Crippen LogP contribution in [0.1, 0.15) is 17.4 Å². The third-order valence-electron chi connectivity index (χ3n) is 3.54. The van der Waals surface area contributed by atoms with Crippen molar-refractivity contribution in [1.29, 1.82) is 0 Å². The van der Waals surface area contributed by atoms with Crippen molar-refractivity contribution in [2.24, 2.45) is 7.05 Å². The molecule has 1 atom stereocenters. The standard InChI is InChI=1S/C12H18N4O3/c1-9(12(18)19)15-3-5-16(6-4-15)11(17)10-7-13-8-14(10)2/h7-9H,3-6H2,1-2H3,(H,18,19). The molecule has 1 fully saturated rings. The van der Waals surface area contributed by atoms with Gasteiger partial charge in [-0.2, -0.15) is 0 Å². The highest BCUT2D eigenvalue weighted by Gasteiger charge is 2.28. The number of amides is 1. The third-order valence-corrected chi connectivity index (χ3v) is 3.54. The van der Waals surface area contributed by atoms with Crippen LogP contribution in [0, 0.1) is 0 Å². The molecule has 1 aliphatic heterocycles. The molecule has 19 heavy (non-hydrogen) atoms. The van der Waals surface area contributed by atoms with E-state index in [4.69, 9.17) is 5.11 Å². The first-order valence-electron chi connectivity index (χ1n) is 6.23. The van der Waals surface area contributed by atoms with Gasteiger partial charge in [0.05, 0.1) is 12.5 Å². The summed E-state index contributed by atoms with van der Waals surface area (Å²) >= 11 is 0. The van der Waals surface area contributed by atoms with Crippen LogP contribution in [-0.2, 0) is 11.8 Å². The molecule has 104 valence electrons. The summed E-state index contributed by atoms with van der Waals surface area (Å²) in [5, 5.41) is 8.96. The zero-order valence-electron chi connectivity index (χ0n) is 11.1. The van der Waals surface area contributed by atoms with E-state index in [0.717, 1.165) is 0 Å². The maximum atomic E-state index is 12.2. The van der Waals surface area contributed by atoms with Gasteiger partial charge in [0.25, 0.3) is 5.91 Å². The number of aryl methyl sites for hydroxylation is 1. The van der Waals surface area contributed by atoms with E-state index in [9.17, 15) is 9.59 Å². The number of aliphatic carboxylic acids is 1. The van der Waals surface area contributed by atoms with Crippen molar-refractivity contribution in [2.45, 2.75) is 13.0 Å². The van der Waals surface area contributed by atoms with E-state index in [0.29, 0.717) is 31.9 Å². The van der Waals surface area contributed by atoms with Crippen molar-refractivity contribution in [3.05, 3.63) is 18.2 Å². The maximum absolute atomic E-state index is 12.2. The molecular formula is C12H18N4O3. The van der Waals surface area contributed by atoms with Crippen LogP contribution < -0.4 is 0 Å². The van der Waals surface area contributed by atoms with E-state index in [1.807, 2.05) is 4.90 Å². The summed E-state index contributed by atoms with van der Waals surface area (Å²) in [6.07, 6.45) is 3.14. The van der Waals surface area contributed by atoms with Gasteiger partial charge in [-0.05, 0) is 6.92 Å². The Morgan fingerprint density at radius 1 is 1.32 bits per heavy atom. The lowest BCUT2D eigenvalue weighted by Gasteiger charge is -2.36. The predicted molar refractivity (Wildman–Crippen MR) is 67.8 cm³/mol. The number of carbonyl (C=O) groups excluding carboxylic acids is 1. The van der Waals surface area contributed by atoms with Crippen molar-refractivity contribution in [3.63, 3.8) is 0 Å². The normalized spacial score (nSPS) is 18.3. The largest absolute Gasteiger partial charge is 0.480 e. The fraction of sp³-hybridized carbons (Fsp3) is 0.583. The summed E-state index contributed by atoms with van der Waals surface area (Å²) in [5.41, 5.74) is 0.555. The van der Waals surface area contributed by atoms with E-state index in [1.165, 1.54) is 0 Å². The Balaban J connectivity index is 1.95. The van der Waals surface area contributed by atoms with Crippen LogP contribution in [0.25, 0.3) is 0 Å². The highest BCUT2D eigenvalue weighted by Crippen LogP contribution is 2.10. The molecule has 1 aromatic heterocycles. The van der Waals surface area contributed by atoms with E-state index >= 15 is 0 Å². The van der Waals surface area contributed by atoms with Crippen molar-refractivity contribution < 1.29 is 14.7 Å². The van der Waals surface area contributed by atoms with Gasteiger partial charge in [0.2, 0.25) is 0 Å². The Kier molecular flexibility index (Phi) is 3.84. The zero-order chi connectivity index (χ0) is 14.0. The van der Waals surface area contributed by atoms with Gasteiger partial charge in [-0.15, -0.1) is 0 Å². The van der Waals surface area contributed by atoms with Gasteiger partial charge in [0, 0.05) is 33.2 Å². The Bertz CT molecular complexity index is 477. The summed E-state index contributed by atoms with van der Waals surface area (Å²) in [7, 11) is 1.78. The van der Waals surface area contributed by atoms with Gasteiger partial charge in [0.1, 0.15) is 11.7 Å². The molecule has 0 aliphatic carbocycles. The summed E-state index contributed by atoms with van der Waals surface area (Å²) < 4.78 is 1.69. The molecule has 0 spiro atoms. The minimum Gasteiger partial charge on any atom is -0.480 e. The average molecular weight is 266 g/mol. The van der Waals surface area contributed by atoms with E-state index in [2.05, 4.69) is 4.98 Å². The Morgan fingerprint density at radius 3 is 2.42 bits per heavy atom. The van der Waals surface area contributed by atoms with Crippen molar-refractivity contribution in [3.8, 4) is 0 Å². The Hall–Kier alpha value is -1.89. The first-order chi connectivity index (χ1) is 9.00. The molecule has 1 unspecified atom stereocenters. The molecule has 7 heteroatoms. The van der Waals surface area contributed by atoms with Gasteiger partial charge in [0.15, 0.2) is 0 Å². The fourth-order valence-corrected chi connectivity index (χ4v) is 2.19. The SMILES string of the molecule is CC(C(=O)O)N1CCN(C(=O)c2cncn2C)CC1. The predicted octanol–water partition coefficient (Wildman–Crippen LogP) is -0.349. The van der Waals surface area contributed by atoms with Crippen LogP contribution in [0.15, 0.2) is 12.5 Å².